The van der Waals surface area contributed by atoms with Gasteiger partial charge < -0.3 is 0 Å². The molecule has 0 radical (unpaired) electrons. The number of nitrogens with zero attached hydrogens (tertiary/aromatic N) is 3. The molecule has 2 rings (SSSR count). The normalized spacial score (nSPS) is 12.0. The minimum atomic E-state index is -4.03. The molecule has 0 spiro atoms. The predicted octanol–water partition coefficient (Wildman–Crippen LogP) is 2.00. The van der Waals surface area contributed by atoms with Gasteiger partial charge in [0.1, 0.15) is 16.5 Å². The summed E-state index contributed by atoms with van der Waals surface area (Å²) in [5, 5.41) is 4.04. The Balaban J connectivity index is 2.25. The van der Waals surface area contributed by atoms with Crippen molar-refractivity contribution in [1.29, 1.82) is 0 Å². The molecule has 1 aromatic carbocycles. The number of hydrogen-bond acceptors (Lipinski definition) is 3. The zero-order valence-corrected chi connectivity index (χ0v) is 12.4. The van der Waals surface area contributed by atoms with Crippen LogP contribution in [0.4, 0.5) is 8.78 Å². The number of aromatic nitrogens is 2. The van der Waals surface area contributed by atoms with E-state index >= 15 is 0 Å². The highest BCUT2D eigenvalue weighted by molar-refractivity contribution is 7.89. The molecular formula is C13H15F2N3O2S. The maximum Gasteiger partial charge on any atom is 0.246 e. The zero-order valence-electron chi connectivity index (χ0n) is 11.6. The van der Waals surface area contributed by atoms with Crippen molar-refractivity contribution in [2.45, 2.75) is 24.9 Å². The summed E-state index contributed by atoms with van der Waals surface area (Å²) in [6, 6.07) is 2.39. The highest BCUT2D eigenvalue weighted by Crippen LogP contribution is 2.20. The summed E-state index contributed by atoms with van der Waals surface area (Å²) in [4.78, 5) is -0.547. The van der Waals surface area contributed by atoms with Gasteiger partial charge in [0.2, 0.25) is 10.0 Å². The van der Waals surface area contributed by atoms with Gasteiger partial charge in [-0.25, -0.2) is 17.2 Å². The Morgan fingerprint density at radius 3 is 2.62 bits per heavy atom. The average molecular weight is 315 g/mol. The molecule has 0 saturated heterocycles. The quantitative estimate of drug-likeness (QED) is 0.848. The first-order valence-electron chi connectivity index (χ1n) is 6.27. The van der Waals surface area contributed by atoms with Crippen molar-refractivity contribution in [1.82, 2.24) is 14.1 Å². The molecule has 8 heteroatoms. The maximum atomic E-state index is 13.6. The van der Waals surface area contributed by atoms with Gasteiger partial charge >= 0.3 is 0 Å². The Morgan fingerprint density at radius 2 is 2.05 bits per heavy atom. The lowest BCUT2D eigenvalue weighted by Crippen LogP contribution is -2.27. The first kappa shape index (κ1) is 15.6. The molecule has 5 nitrogen and oxygen atoms in total. The Hall–Kier alpha value is -1.80. The number of rotatable bonds is 5. The van der Waals surface area contributed by atoms with Crippen molar-refractivity contribution in [3.05, 3.63) is 47.8 Å². The number of benzene rings is 1. The fourth-order valence-corrected chi connectivity index (χ4v) is 3.06. The van der Waals surface area contributed by atoms with E-state index in [1.807, 2.05) is 6.92 Å². The Labute approximate surface area is 121 Å². The monoisotopic (exact) mass is 315 g/mol. The molecular weight excluding hydrogens is 300 g/mol. The van der Waals surface area contributed by atoms with Gasteiger partial charge in [-0.15, -0.1) is 0 Å². The van der Waals surface area contributed by atoms with Crippen molar-refractivity contribution in [2.24, 2.45) is 0 Å². The Bertz CT molecular complexity index is 744. The Kier molecular flexibility index (Phi) is 4.38. The lowest BCUT2D eigenvalue weighted by atomic mass is 10.3. The SMILES string of the molecule is CCn1cc(CN(C)S(=O)(=O)c2ccc(F)cc2F)cn1. The van der Waals surface area contributed by atoms with E-state index in [0.29, 0.717) is 18.2 Å². The highest BCUT2D eigenvalue weighted by Gasteiger charge is 2.25. The van der Waals surface area contributed by atoms with Gasteiger partial charge in [-0.05, 0) is 19.1 Å². The van der Waals surface area contributed by atoms with Crippen molar-refractivity contribution in [3.63, 3.8) is 0 Å². The predicted molar refractivity (Wildman–Crippen MR) is 72.9 cm³/mol. The number of halogens is 2. The highest BCUT2D eigenvalue weighted by atomic mass is 32.2. The molecule has 0 aliphatic carbocycles. The second kappa shape index (κ2) is 5.90. The zero-order chi connectivity index (χ0) is 15.6. The fourth-order valence-electron chi connectivity index (χ4n) is 1.86. The van der Waals surface area contributed by atoms with Crippen LogP contribution >= 0.6 is 0 Å². The minimum Gasteiger partial charge on any atom is -0.273 e. The molecule has 0 aliphatic rings. The number of aryl methyl sites for hydroxylation is 1. The van der Waals surface area contributed by atoms with E-state index in [2.05, 4.69) is 5.10 Å². The van der Waals surface area contributed by atoms with E-state index in [0.717, 1.165) is 16.4 Å². The van der Waals surface area contributed by atoms with Crippen LogP contribution in [0.3, 0.4) is 0 Å². The second-order valence-corrected chi connectivity index (χ2v) is 6.55. The van der Waals surface area contributed by atoms with E-state index < -0.39 is 26.6 Å². The lowest BCUT2D eigenvalue weighted by Gasteiger charge is -2.16. The molecule has 0 amide bonds. The average Bonchev–Trinajstić information content (AvgIpc) is 2.85. The molecule has 0 aliphatic heterocycles. The molecule has 0 fully saturated rings. The molecule has 1 heterocycles. The summed E-state index contributed by atoms with van der Waals surface area (Å²) in [5.41, 5.74) is 0.686. The molecule has 0 unspecified atom stereocenters. The van der Waals surface area contributed by atoms with Crippen LogP contribution in [0.5, 0.6) is 0 Å². The van der Waals surface area contributed by atoms with E-state index in [1.54, 1.807) is 17.1 Å². The summed E-state index contributed by atoms with van der Waals surface area (Å²) < 4.78 is 53.7. The topological polar surface area (TPSA) is 55.2 Å². The molecule has 0 N–H and O–H groups in total. The van der Waals surface area contributed by atoms with E-state index in [1.165, 1.54) is 7.05 Å². The van der Waals surface area contributed by atoms with Gasteiger partial charge in [-0.3, -0.25) is 4.68 Å². The minimum absolute atomic E-state index is 0.0547. The Morgan fingerprint density at radius 1 is 1.33 bits per heavy atom. The van der Waals surface area contributed by atoms with Gasteiger partial charge in [0, 0.05) is 38.0 Å². The van der Waals surface area contributed by atoms with Crippen LogP contribution in [-0.2, 0) is 23.1 Å². The van der Waals surface area contributed by atoms with E-state index in [4.69, 9.17) is 0 Å². The molecule has 2 aromatic rings. The van der Waals surface area contributed by atoms with Crippen LogP contribution in [0, 0.1) is 11.6 Å². The molecule has 0 bridgehead atoms. The number of hydrogen-bond donors (Lipinski definition) is 0. The van der Waals surface area contributed by atoms with Gasteiger partial charge in [-0.2, -0.15) is 9.40 Å². The van der Waals surface area contributed by atoms with Gasteiger partial charge in [0.25, 0.3) is 0 Å². The van der Waals surface area contributed by atoms with E-state index in [9.17, 15) is 17.2 Å². The van der Waals surface area contributed by atoms with Gasteiger partial charge in [-0.1, -0.05) is 0 Å². The summed E-state index contributed by atoms with van der Waals surface area (Å²) >= 11 is 0. The van der Waals surface area contributed by atoms with Crippen LogP contribution in [0.2, 0.25) is 0 Å². The first-order chi connectivity index (χ1) is 9.84. The molecule has 21 heavy (non-hydrogen) atoms. The second-order valence-electron chi connectivity index (χ2n) is 4.54. The molecule has 114 valence electrons. The maximum absolute atomic E-state index is 13.6. The van der Waals surface area contributed by atoms with Gasteiger partial charge in [0.15, 0.2) is 0 Å². The van der Waals surface area contributed by atoms with Crippen LogP contribution in [0.15, 0.2) is 35.5 Å². The van der Waals surface area contributed by atoms with Crippen LogP contribution < -0.4 is 0 Å². The standard InChI is InChI=1S/C13H15F2N3O2S/c1-3-18-9-10(7-16-18)8-17(2)21(19,20)13-5-4-11(14)6-12(13)15/h4-7,9H,3,8H2,1-2H3. The van der Waals surface area contributed by atoms with Crippen LogP contribution in [-0.4, -0.2) is 29.6 Å². The third kappa shape index (κ3) is 3.27. The third-order valence-electron chi connectivity index (χ3n) is 3.00. The van der Waals surface area contributed by atoms with Gasteiger partial charge in [0.05, 0.1) is 6.20 Å². The first-order valence-corrected chi connectivity index (χ1v) is 7.71. The van der Waals surface area contributed by atoms with Crippen molar-refractivity contribution < 1.29 is 17.2 Å². The summed E-state index contributed by atoms with van der Waals surface area (Å²) in [5.74, 6) is -1.93. The molecule has 1 aromatic heterocycles. The van der Waals surface area contributed by atoms with Crippen molar-refractivity contribution in [2.75, 3.05) is 7.05 Å². The van der Waals surface area contributed by atoms with Crippen LogP contribution in [0.25, 0.3) is 0 Å². The summed E-state index contributed by atoms with van der Waals surface area (Å²) in [7, 11) is -2.69. The smallest absolute Gasteiger partial charge is 0.246 e. The lowest BCUT2D eigenvalue weighted by molar-refractivity contribution is 0.458. The molecule has 0 atom stereocenters. The largest absolute Gasteiger partial charge is 0.273 e. The number of sulfonamides is 1. The van der Waals surface area contributed by atoms with Crippen molar-refractivity contribution >= 4 is 10.0 Å². The third-order valence-corrected chi connectivity index (χ3v) is 4.83. The van der Waals surface area contributed by atoms with Crippen molar-refractivity contribution in [3.8, 4) is 0 Å². The summed E-state index contributed by atoms with van der Waals surface area (Å²) in [6.07, 6.45) is 3.27. The fraction of sp³-hybridized carbons (Fsp3) is 0.308. The summed E-state index contributed by atoms with van der Waals surface area (Å²) in [6.45, 7) is 2.63. The van der Waals surface area contributed by atoms with Crippen LogP contribution in [0.1, 0.15) is 12.5 Å². The van der Waals surface area contributed by atoms with E-state index in [-0.39, 0.29) is 6.54 Å². The molecule has 0 saturated carbocycles.